The molecule has 33 heavy (non-hydrogen) atoms. The summed E-state index contributed by atoms with van der Waals surface area (Å²) < 4.78 is 36.2. The third kappa shape index (κ3) is 4.39. The number of anilines is 1. The number of esters is 1. The van der Waals surface area contributed by atoms with E-state index in [9.17, 15) is 14.0 Å². The van der Waals surface area contributed by atoms with Crippen LogP contribution >= 0.6 is 0 Å². The minimum absolute atomic E-state index is 0.00192. The molecule has 1 unspecified atom stereocenters. The maximum Gasteiger partial charge on any atom is 0.309 e. The number of halogens is 1. The Morgan fingerprint density at radius 1 is 1.03 bits per heavy atom. The van der Waals surface area contributed by atoms with Crippen LogP contribution in [-0.4, -0.2) is 44.7 Å². The molecule has 0 spiro atoms. The fourth-order valence-corrected chi connectivity index (χ4v) is 3.87. The summed E-state index contributed by atoms with van der Waals surface area (Å²) in [7, 11) is 4.35. The van der Waals surface area contributed by atoms with Crippen LogP contribution in [0.25, 0.3) is 10.9 Å². The van der Waals surface area contributed by atoms with Crippen LogP contribution in [0.15, 0.2) is 42.6 Å². The maximum absolute atomic E-state index is 14.9. The molecule has 1 fully saturated rings. The number of pyridine rings is 1. The lowest BCUT2D eigenvalue weighted by atomic mass is 9.96. The number of methoxy groups -OCH3 is 3. The van der Waals surface area contributed by atoms with Gasteiger partial charge in [-0.2, -0.15) is 0 Å². The quantitative estimate of drug-likeness (QED) is 0.518. The molecule has 0 aliphatic carbocycles. The molecule has 1 aliphatic rings. The summed E-state index contributed by atoms with van der Waals surface area (Å²) in [6.07, 6.45) is 2.04. The second-order valence-electron chi connectivity index (χ2n) is 7.51. The van der Waals surface area contributed by atoms with Crippen LogP contribution in [0.3, 0.4) is 0 Å². The lowest BCUT2D eigenvalue weighted by Crippen LogP contribution is -2.41. The lowest BCUT2D eigenvalue weighted by molar-refractivity contribution is -0.148. The summed E-state index contributed by atoms with van der Waals surface area (Å²) in [5.74, 6) is -0.357. The first-order chi connectivity index (χ1) is 15.9. The Balaban J connectivity index is 1.58. The summed E-state index contributed by atoms with van der Waals surface area (Å²) in [5, 5.41) is 0.624. The normalized spacial score (nSPS) is 15.9. The highest BCUT2D eigenvalue weighted by molar-refractivity contribution is 5.97. The Bertz CT molecular complexity index is 1220. The molecule has 8 nitrogen and oxygen atoms in total. The maximum atomic E-state index is 14.9. The van der Waals surface area contributed by atoms with E-state index in [1.54, 1.807) is 30.5 Å². The fraction of sp³-hybridized carbons (Fsp3) is 0.292. The van der Waals surface area contributed by atoms with Crippen molar-refractivity contribution in [3.8, 4) is 23.0 Å². The average molecular weight is 454 g/mol. The van der Waals surface area contributed by atoms with Crippen molar-refractivity contribution in [3.05, 3.63) is 48.4 Å². The molecule has 1 saturated heterocycles. The van der Waals surface area contributed by atoms with Gasteiger partial charge in [-0.05, 0) is 30.7 Å². The van der Waals surface area contributed by atoms with Crippen LogP contribution < -0.4 is 19.1 Å². The van der Waals surface area contributed by atoms with Crippen molar-refractivity contribution in [3.63, 3.8) is 0 Å². The van der Waals surface area contributed by atoms with Crippen LogP contribution in [0.2, 0.25) is 0 Å². The smallest absolute Gasteiger partial charge is 0.309 e. The largest absolute Gasteiger partial charge is 0.493 e. The first-order valence-corrected chi connectivity index (χ1v) is 10.3. The number of hydrogen-bond acceptors (Lipinski definition) is 7. The van der Waals surface area contributed by atoms with E-state index in [1.165, 1.54) is 38.4 Å². The summed E-state index contributed by atoms with van der Waals surface area (Å²) in [5.41, 5.74) is 1.00. The van der Waals surface area contributed by atoms with Gasteiger partial charge in [0.1, 0.15) is 5.75 Å². The second kappa shape index (κ2) is 9.32. The van der Waals surface area contributed by atoms with Crippen molar-refractivity contribution in [1.29, 1.82) is 0 Å². The van der Waals surface area contributed by atoms with Gasteiger partial charge >= 0.3 is 5.97 Å². The summed E-state index contributed by atoms with van der Waals surface area (Å²) in [6, 6.07) is 9.39. The molecule has 1 aliphatic heterocycles. The molecule has 2 aromatic carbocycles. The SMILES string of the molecule is COC(=O)C1CCN(c2ccc(Oc3ccnc4cc(OC)c(OC)cc34)c(F)c2)C(=O)C1. The average Bonchev–Trinajstić information content (AvgIpc) is 2.84. The predicted octanol–water partition coefficient (Wildman–Crippen LogP) is 4.10. The Morgan fingerprint density at radius 2 is 1.79 bits per heavy atom. The van der Waals surface area contributed by atoms with E-state index < -0.39 is 17.7 Å². The number of ether oxygens (including phenoxy) is 4. The van der Waals surface area contributed by atoms with Gasteiger partial charge in [-0.25, -0.2) is 4.39 Å². The van der Waals surface area contributed by atoms with Crippen molar-refractivity contribution >= 4 is 28.5 Å². The van der Waals surface area contributed by atoms with Crippen molar-refractivity contribution in [2.45, 2.75) is 12.8 Å². The van der Waals surface area contributed by atoms with E-state index in [-0.39, 0.29) is 18.1 Å². The van der Waals surface area contributed by atoms with Crippen LogP contribution in [0.5, 0.6) is 23.0 Å². The number of hydrogen-bond donors (Lipinski definition) is 0. The standard InChI is InChI=1S/C24H23FN2O6/c1-30-21-12-16-18(13-22(21)31-2)26-8-6-19(16)33-20-5-4-15(11-17(20)25)27-9-7-14(10-23(27)28)24(29)32-3/h4-6,8,11-14H,7,9-10H2,1-3H3. The van der Waals surface area contributed by atoms with E-state index >= 15 is 0 Å². The molecular weight excluding hydrogens is 431 g/mol. The van der Waals surface area contributed by atoms with Gasteiger partial charge in [-0.3, -0.25) is 14.6 Å². The molecule has 0 bridgehead atoms. The number of carbonyl (C=O) groups excluding carboxylic acids is 2. The Morgan fingerprint density at radius 3 is 2.45 bits per heavy atom. The highest BCUT2D eigenvalue weighted by atomic mass is 19.1. The van der Waals surface area contributed by atoms with E-state index in [0.29, 0.717) is 46.8 Å². The minimum Gasteiger partial charge on any atom is -0.493 e. The zero-order valence-electron chi connectivity index (χ0n) is 18.5. The Labute approximate surface area is 189 Å². The first-order valence-electron chi connectivity index (χ1n) is 10.3. The van der Waals surface area contributed by atoms with Crippen molar-refractivity contribution in [2.24, 2.45) is 5.92 Å². The summed E-state index contributed by atoms with van der Waals surface area (Å²) >= 11 is 0. The molecule has 172 valence electrons. The van der Waals surface area contributed by atoms with Gasteiger partial charge in [0, 0.05) is 42.4 Å². The zero-order chi connectivity index (χ0) is 23.5. The van der Waals surface area contributed by atoms with Crippen LogP contribution in [-0.2, 0) is 14.3 Å². The third-order valence-corrected chi connectivity index (χ3v) is 5.61. The molecule has 0 N–H and O–H groups in total. The van der Waals surface area contributed by atoms with Gasteiger partial charge in [0.15, 0.2) is 23.1 Å². The number of benzene rings is 2. The van der Waals surface area contributed by atoms with Gasteiger partial charge in [0.05, 0.1) is 32.8 Å². The van der Waals surface area contributed by atoms with E-state index in [0.717, 1.165) is 0 Å². The minimum atomic E-state index is -0.624. The molecule has 2 heterocycles. The number of aromatic nitrogens is 1. The molecule has 0 radical (unpaired) electrons. The number of piperidine rings is 1. The van der Waals surface area contributed by atoms with Crippen LogP contribution in [0.4, 0.5) is 10.1 Å². The Kier molecular flexibility index (Phi) is 6.30. The molecule has 1 amide bonds. The summed E-state index contributed by atoms with van der Waals surface area (Å²) in [4.78, 5) is 30.0. The van der Waals surface area contributed by atoms with Gasteiger partial charge in [-0.15, -0.1) is 0 Å². The van der Waals surface area contributed by atoms with Gasteiger partial charge < -0.3 is 23.8 Å². The lowest BCUT2D eigenvalue weighted by Gasteiger charge is -2.30. The third-order valence-electron chi connectivity index (χ3n) is 5.61. The van der Waals surface area contributed by atoms with Gasteiger partial charge in [-0.1, -0.05) is 0 Å². The molecular formula is C24H23FN2O6. The number of nitrogens with zero attached hydrogens (tertiary/aromatic N) is 2. The van der Waals surface area contributed by atoms with E-state index in [2.05, 4.69) is 4.98 Å². The van der Waals surface area contributed by atoms with Crippen molar-refractivity contribution in [2.75, 3.05) is 32.8 Å². The Hall–Kier alpha value is -3.88. The highest BCUT2D eigenvalue weighted by Gasteiger charge is 2.32. The fourth-order valence-electron chi connectivity index (χ4n) is 3.87. The topological polar surface area (TPSA) is 87.2 Å². The second-order valence-corrected chi connectivity index (χ2v) is 7.51. The molecule has 9 heteroatoms. The first kappa shape index (κ1) is 22.3. The van der Waals surface area contributed by atoms with Gasteiger partial charge in [0.2, 0.25) is 5.91 Å². The number of carbonyl (C=O) groups is 2. The van der Waals surface area contributed by atoms with Crippen molar-refractivity contribution in [1.82, 2.24) is 4.98 Å². The van der Waals surface area contributed by atoms with Gasteiger partial charge in [0.25, 0.3) is 0 Å². The summed E-state index contributed by atoms with van der Waals surface area (Å²) in [6.45, 7) is 0.300. The predicted molar refractivity (Wildman–Crippen MR) is 118 cm³/mol. The van der Waals surface area contributed by atoms with Crippen LogP contribution in [0, 0.1) is 11.7 Å². The van der Waals surface area contributed by atoms with Crippen molar-refractivity contribution < 1.29 is 32.9 Å². The molecule has 0 saturated carbocycles. The zero-order valence-corrected chi connectivity index (χ0v) is 18.5. The highest BCUT2D eigenvalue weighted by Crippen LogP contribution is 2.38. The van der Waals surface area contributed by atoms with E-state index in [1.807, 2.05) is 0 Å². The molecule has 1 atom stereocenters. The van der Waals surface area contributed by atoms with E-state index in [4.69, 9.17) is 18.9 Å². The van der Waals surface area contributed by atoms with Crippen LogP contribution in [0.1, 0.15) is 12.8 Å². The molecule has 3 aromatic rings. The number of rotatable bonds is 6. The number of amides is 1. The molecule has 4 rings (SSSR count). The molecule has 1 aromatic heterocycles. The number of fused-ring (bicyclic) bond motifs is 1. The monoisotopic (exact) mass is 454 g/mol.